The summed E-state index contributed by atoms with van der Waals surface area (Å²) in [5, 5.41) is 21.9. The number of piperidine rings is 1. The fraction of sp³-hybridized carbons (Fsp3) is 0.407. The molecule has 2 aromatic carbocycles. The Balaban J connectivity index is 1.46. The molecule has 41 heavy (non-hydrogen) atoms. The predicted molar refractivity (Wildman–Crippen MR) is 142 cm³/mol. The summed E-state index contributed by atoms with van der Waals surface area (Å²) in [6.45, 7) is 2.90. The fourth-order valence-electron chi connectivity index (χ4n) is 4.76. The monoisotopic (exact) mass is 599 g/mol. The zero-order valence-electron chi connectivity index (χ0n) is 22.2. The second kappa shape index (κ2) is 11.5. The first-order valence-corrected chi connectivity index (χ1v) is 14.2. The second-order valence-electron chi connectivity index (χ2n) is 10.0. The first kappa shape index (κ1) is 30.6. The Labute approximate surface area is 234 Å². The quantitative estimate of drug-likeness (QED) is 0.401. The molecule has 2 heterocycles. The van der Waals surface area contributed by atoms with Gasteiger partial charge in [0.05, 0.1) is 12.2 Å². The van der Waals surface area contributed by atoms with Crippen LogP contribution in [0.3, 0.4) is 0 Å². The minimum atomic E-state index is -4.93. The third-order valence-electron chi connectivity index (χ3n) is 7.06. The number of hydrogen-bond donors (Lipinski definition) is 3. The molecule has 2 aromatic rings. The number of aliphatic hydroxyl groups excluding tert-OH is 2. The molecule has 3 N–H and O–H groups in total. The molecule has 14 heteroatoms. The second-order valence-corrected chi connectivity index (χ2v) is 11.8. The lowest BCUT2D eigenvalue weighted by Gasteiger charge is -2.34. The molecule has 2 aliphatic rings. The average molecular weight is 600 g/mol. The molecule has 9 nitrogen and oxygen atoms in total. The first-order valence-electron chi connectivity index (χ1n) is 12.6. The highest BCUT2D eigenvalue weighted by Crippen LogP contribution is 2.35. The van der Waals surface area contributed by atoms with Gasteiger partial charge in [0.1, 0.15) is 35.7 Å². The first-order chi connectivity index (χ1) is 19.1. The van der Waals surface area contributed by atoms with Gasteiger partial charge in [-0.2, -0.15) is 17.5 Å². The van der Waals surface area contributed by atoms with Gasteiger partial charge in [0, 0.05) is 24.1 Å². The van der Waals surface area contributed by atoms with E-state index in [9.17, 15) is 35.9 Å². The summed E-state index contributed by atoms with van der Waals surface area (Å²) >= 11 is 0. The normalized spacial score (nSPS) is 18.5. The Bertz CT molecular complexity index is 1480. The van der Waals surface area contributed by atoms with E-state index >= 15 is 0 Å². The van der Waals surface area contributed by atoms with Gasteiger partial charge in [-0.15, -0.1) is 0 Å². The molecule has 1 saturated heterocycles. The Morgan fingerprint density at radius 2 is 1.80 bits per heavy atom. The van der Waals surface area contributed by atoms with Crippen LogP contribution in [0.1, 0.15) is 40.7 Å². The van der Waals surface area contributed by atoms with Gasteiger partial charge >= 0.3 is 6.18 Å². The van der Waals surface area contributed by atoms with Gasteiger partial charge in [0.2, 0.25) is 10.0 Å². The number of nitrogens with zero attached hydrogens (tertiary/aromatic N) is 2. The lowest BCUT2D eigenvalue weighted by Crippen LogP contribution is -2.50. The Hall–Kier alpha value is -3.33. The van der Waals surface area contributed by atoms with Crippen molar-refractivity contribution in [2.24, 2.45) is 4.99 Å². The number of hydrogen-bond acceptors (Lipinski definition) is 7. The number of aliphatic imine (C=N–C) groups is 1. The van der Waals surface area contributed by atoms with Crippen molar-refractivity contribution in [3.05, 3.63) is 69.4 Å². The molecule has 0 aromatic heterocycles. The highest BCUT2D eigenvalue weighted by molar-refractivity contribution is 7.92. The van der Waals surface area contributed by atoms with Gasteiger partial charge in [0.25, 0.3) is 5.91 Å². The van der Waals surface area contributed by atoms with Crippen LogP contribution >= 0.6 is 0 Å². The van der Waals surface area contributed by atoms with Crippen molar-refractivity contribution in [2.75, 3.05) is 26.3 Å². The molecule has 4 rings (SSSR count). The van der Waals surface area contributed by atoms with Crippen LogP contribution in [-0.4, -0.2) is 72.6 Å². The summed E-state index contributed by atoms with van der Waals surface area (Å²) in [6, 6.07) is 5.69. The number of amidine groups is 1. The predicted octanol–water partition coefficient (Wildman–Crippen LogP) is 2.91. The third kappa shape index (κ3) is 6.61. The summed E-state index contributed by atoms with van der Waals surface area (Å²) in [6.07, 6.45) is -4.48. The van der Waals surface area contributed by atoms with Gasteiger partial charge in [-0.25, -0.2) is 12.8 Å². The fourth-order valence-corrected chi connectivity index (χ4v) is 5.93. The number of nitrogens with one attached hydrogen (secondary N) is 1. The lowest BCUT2D eigenvalue weighted by molar-refractivity contribution is -0.140. The van der Waals surface area contributed by atoms with Gasteiger partial charge in [-0.3, -0.25) is 9.79 Å². The lowest BCUT2D eigenvalue weighted by atomic mass is 9.89. The van der Waals surface area contributed by atoms with Crippen LogP contribution in [0.4, 0.5) is 17.6 Å². The third-order valence-corrected chi connectivity index (χ3v) is 8.63. The molecule has 1 amide bonds. The molecule has 0 radical (unpaired) electrons. The van der Waals surface area contributed by atoms with Gasteiger partial charge in [-0.1, -0.05) is 0 Å². The number of carbonyl (C=O) groups is 1. The van der Waals surface area contributed by atoms with E-state index in [-0.39, 0.29) is 43.9 Å². The molecular weight excluding hydrogens is 570 g/mol. The maximum atomic E-state index is 13.7. The molecule has 1 fully saturated rings. The largest absolute Gasteiger partial charge is 0.491 e. The molecule has 0 aliphatic carbocycles. The Kier molecular flexibility index (Phi) is 8.60. The summed E-state index contributed by atoms with van der Waals surface area (Å²) in [7, 11) is -3.89. The van der Waals surface area contributed by atoms with Crippen molar-refractivity contribution in [3.8, 4) is 5.75 Å². The summed E-state index contributed by atoms with van der Waals surface area (Å²) in [5.41, 5.74) is -0.825. The van der Waals surface area contributed by atoms with Crippen LogP contribution in [0, 0.1) is 19.7 Å². The number of rotatable bonds is 8. The summed E-state index contributed by atoms with van der Waals surface area (Å²) in [5.74, 6) is -1.67. The van der Waals surface area contributed by atoms with Gasteiger partial charge < -0.3 is 20.3 Å². The number of alkyl halides is 3. The molecule has 1 spiro atoms. The highest BCUT2D eigenvalue weighted by Gasteiger charge is 2.47. The number of aryl methyl sites for hydroxylation is 2. The number of ether oxygens (including phenoxy) is 1. The number of aliphatic hydroxyl groups is 2. The average Bonchev–Trinajstić information content (AvgIpc) is 3.21. The van der Waals surface area contributed by atoms with Crippen molar-refractivity contribution in [3.63, 3.8) is 0 Å². The van der Waals surface area contributed by atoms with Crippen molar-refractivity contribution >= 4 is 27.8 Å². The zero-order chi connectivity index (χ0) is 30.2. The number of halogens is 4. The van der Waals surface area contributed by atoms with Gasteiger partial charge in [0.15, 0.2) is 0 Å². The molecule has 2 aliphatic heterocycles. The zero-order valence-corrected chi connectivity index (χ0v) is 23.0. The van der Waals surface area contributed by atoms with Gasteiger partial charge in [-0.05, 0) is 79.8 Å². The number of carbonyl (C=O) groups excluding carboxylic acids is 1. The molecule has 1 atom stereocenters. The maximum Gasteiger partial charge on any atom is 0.419 e. The van der Waals surface area contributed by atoms with Crippen LogP contribution in [-0.2, 0) is 21.0 Å². The van der Waals surface area contributed by atoms with E-state index in [1.807, 2.05) is 0 Å². The molecule has 222 valence electrons. The van der Waals surface area contributed by atoms with Crippen molar-refractivity contribution < 1.29 is 45.7 Å². The molecule has 0 bridgehead atoms. The highest BCUT2D eigenvalue weighted by atomic mass is 32.2. The van der Waals surface area contributed by atoms with Crippen LogP contribution in [0.25, 0.3) is 6.08 Å². The number of benzene rings is 2. The van der Waals surface area contributed by atoms with Crippen LogP contribution < -0.4 is 10.1 Å². The molecule has 0 saturated carbocycles. The number of sulfonamides is 1. The van der Waals surface area contributed by atoms with E-state index in [0.717, 1.165) is 22.6 Å². The van der Waals surface area contributed by atoms with Crippen molar-refractivity contribution in [1.29, 1.82) is 0 Å². The summed E-state index contributed by atoms with van der Waals surface area (Å²) < 4.78 is 85.9. The Morgan fingerprint density at radius 1 is 1.17 bits per heavy atom. The van der Waals surface area contributed by atoms with E-state index in [4.69, 9.17) is 9.84 Å². The topological polar surface area (TPSA) is 129 Å². The van der Waals surface area contributed by atoms with E-state index < -0.39 is 51.7 Å². The minimum absolute atomic E-state index is 0.00646. The van der Waals surface area contributed by atoms with Crippen LogP contribution in [0.2, 0.25) is 0 Å². The van der Waals surface area contributed by atoms with Crippen LogP contribution in [0.15, 0.2) is 40.7 Å². The van der Waals surface area contributed by atoms with E-state index in [0.29, 0.717) is 23.4 Å². The van der Waals surface area contributed by atoms with Crippen molar-refractivity contribution in [2.45, 2.75) is 44.5 Å². The minimum Gasteiger partial charge on any atom is -0.491 e. The SMILES string of the molecule is Cc1cc(OC[C@H](O)CO)cc(C)c1/C=C/S(=O)(=O)N1CCC2(CC1)N=C(c1ccc(F)c(C(F)(F)F)c1)NC2=O. The Morgan fingerprint density at radius 3 is 2.39 bits per heavy atom. The van der Waals surface area contributed by atoms with E-state index in [2.05, 4.69) is 10.3 Å². The maximum absolute atomic E-state index is 13.7. The van der Waals surface area contributed by atoms with Crippen molar-refractivity contribution in [1.82, 2.24) is 9.62 Å². The molecular formula is C27H29F4N3O6S. The van der Waals surface area contributed by atoms with Crippen LogP contribution in [0.5, 0.6) is 5.75 Å². The molecule has 0 unspecified atom stereocenters. The standard InChI is InChI=1S/C27H29F4N3O6S/c1-16-11-20(40-15-19(36)14-35)12-17(2)21(16)5-10-41(38,39)34-8-6-26(7-9-34)25(37)32-24(33-26)18-3-4-23(28)22(13-18)27(29,30)31/h3-5,10-13,19,35-36H,6-9,14-15H2,1-2H3,(H,32,33,37)/b10-5+/t19-/m1/s1. The van der Waals surface area contributed by atoms with E-state index in [1.165, 1.54) is 10.4 Å². The summed E-state index contributed by atoms with van der Waals surface area (Å²) in [4.78, 5) is 17.2. The van der Waals surface area contributed by atoms with E-state index in [1.54, 1.807) is 26.0 Å². The smallest absolute Gasteiger partial charge is 0.419 e. The number of amides is 1.